The van der Waals surface area contributed by atoms with Crippen LogP contribution >= 0.6 is 0 Å². The van der Waals surface area contributed by atoms with Gasteiger partial charge in [-0.05, 0) is 55.6 Å². The summed E-state index contributed by atoms with van der Waals surface area (Å²) >= 11 is 0. The Balaban J connectivity index is 2.10. The summed E-state index contributed by atoms with van der Waals surface area (Å²) in [6.07, 6.45) is 4.86. The summed E-state index contributed by atoms with van der Waals surface area (Å²) < 4.78 is 0. The Bertz CT molecular complexity index is 855. The van der Waals surface area contributed by atoms with Crippen LogP contribution < -0.4 is 27.7 Å². The molecule has 2 aromatic rings. The van der Waals surface area contributed by atoms with Crippen molar-refractivity contribution in [2.45, 2.75) is 6.42 Å². The number of carbonyl (C=O) groups excluding carboxylic acids is 1. The normalized spacial score (nSPS) is 10.7. The van der Waals surface area contributed by atoms with Crippen LogP contribution in [0.1, 0.15) is 22.3 Å². The van der Waals surface area contributed by atoms with Crippen LogP contribution in [0.5, 0.6) is 0 Å². The molecule has 0 bridgehead atoms. The molecular formula is C18H22N6O2. The number of aromatic amines is 1. The fraction of sp³-hybridized carbons (Fsp3) is 0.167. The highest BCUT2D eigenvalue weighted by Gasteiger charge is 2.10. The third-order valence-electron chi connectivity index (χ3n) is 3.58. The van der Waals surface area contributed by atoms with Crippen molar-refractivity contribution in [1.29, 1.82) is 5.41 Å². The Morgan fingerprint density at radius 2 is 1.96 bits per heavy atom. The fourth-order valence-corrected chi connectivity index (χ4v) is 2.19. The summed E-state index contributed by atoms with van der Waals surface area (Å²) in [6, 6.07) is 8.33. The maximum atomic E-state index is 12.4. The third kappa shape index (κ3) is 5.05. The van der Waals surface area contributed by atoms with Gasteiger partial charge in [0, 0.05) is 29.6 Å². The standard InChI is InChI=1S/C18H22N6O2/c19-7-1-9-22-14-4-2-12(3-5-14)17(25)24-16-10-13(11-23-18(16)26)15(21)6-8-20/h2-6,8,10-11,21-22H,1,7,9,19-20H2,(H,23,26)(H,24,25)/b8-6-,21-15?. The SMILES string of the molecule is N=C(/C=C\N)c1c[nH]c(=O)c(NC(=O)c2ccc(NCCCN)cc2)c1. The summed E-state index contributed by atoms with van der Waals surface area (Å²) in [6.45, 7) is 1.37. The first-order valence-corrected chi connectivity index (χ1v) is 8.10. The van der Waals surface area contributed by atoms with Gasteiger partial charge >= 0.3 is 0 Å². The van der Waals surface area contributed by atoms with Gasteiger partial charge in [-0.15, -0.1) is 0 Å². The molecule has 0 aliphatic heterocycles. The van der Waals surface area contributed by atoms with Crippen LogP contribution in [0.3, 0.4) is 0 Å². The molecule has 2 rings (SSSR count). The minimum absolute atomic E-state index is 0.0628. The molecule has 136 valence electrons. The number of nitrogens with one attached hydrogen (secondary N) is 4. The van der Waals surface area contributed by atoms with E-state index in [2.05, 4.69) is 15.6 Å². The van der Waals surface area contributed by atoms with Crippen molar-refractivity contribution < 1.29 is 4.79 Å². The maximum absolute atomic E-state index is 12.4. The summed E-state index contributed by atoms with van der Waals surface area (Å²) in [5.41, 5.74) is 12.2. The number of benzene rings is 1. The van der Waals surface area contributed by atoms with E-state index in [0.717, 1.165) is 18.7 Å². The van der Waals surface area contributed by atoms with E-state index in [0.29, 0.717) is 17.7 Å². The lowest BCUT2D eigenvalue weighted by atomic mass is 10.1. The molecule has 1 heterocycles. The zero-order valence-corrected chi connectivity index (χ0v) is 14.2. The van der Waals surface area contributed by atoms with Crippen LogP contribution in [-0.2, 0) is 0 Å². The molecule has 8 heteroatoms. The number of allylic oxidation sites excluding steroid dienone is 1. The van der Waals surface area contributed by atoms with E-state index >= 15 is 0 Å². The lowest BCUT2D eigenvalue weighted by Crippen LogP contribution is -2.20. The second kappa shape index (κ2) is 9.19. The van der Waals surface area contributed by atoms with Crippen LogP contribution in [-0.4, -0.2) is 29.7 Å². The number of H-pyrrole nitrogens is 1. The smallest absolute Gasteiger partial charge is 0.271 e. The molecule has 0 atom stereocenters. The number of hydrogen-bond acceptors (Lipinski definition) is 6. The van der Waals surface area contributed by atoms with Crippen LogP contribution in [0.25, 0.3) is 0 Å². The molecule has 0 unspecified atom stereocenters. The zero-order valence-electron chi connectivity index (χ0n) is 14.2. The minimum Gasteiger partial charge on any atom is -0.405 e. The number of anilines is 2. The molecule has 1 aromatic heterocycles. The number of amides is 1. The first-order valence-electron chi connectivity index (χ1n) is 8.10. The van der Waals surface area contributed by atoms with Crippen molar-refractivity contribution in [2.75, 3.05) is 23.7 Å². The molecule has 1 aromatic carbocycles. The number of nitrogens with two attached hydrogens (primary N) is 2. The zero-order chi connectivity index (χ0) is 18.9. The van der Waals surface area contributed by atoms with Crippen LogP contribution in [0.15, 0.2) is 53.6 Å². The largest absolute Gasteiger partial charge is 0.405 e. The van der Waals surface area contributed by atoms with Crippen LogP contribution in [0.4, 0.5) is 11.4 Å². The van der Waals surface area contributed by atoms with E-state index < -0.39 is 11.5 Å². The van der Waals surface area contributed by atoms with Crippen molar-refractivity contribution in [3.63, 3.8) is 0 Å². The van der Waals surface area contributed by atoms with Crippen molar-refractivity contribution in [3.8, 4) is 0 Å². The number of rotatable bonds is 8. The minimum atomic E-state index is -0.452. The van der Waals surface area contributed by atoms with Gasteiger partial charge in [-0.3, -0.25) is 9.59 Å². The molecular weight excluding hydrogens is 332 g/mol. The molecule has 8 N–H and O–H groups in total. The predicted molar refractivity (Wildman–Crippen MR) is 104 cm³/mol. The summed E-state index contributed by atoms with van der Waals surface area (Å²) in [4.78, 5) is 26.8. The lowest BCUT2D eigenvalue weighted by molar-refractivity contribution is 0.102. The van der Waals surface area contributed by atoms with Gasteiger partial charge in [-0.1, -0.05) is 0 Å². The Kier molecular flexibility index (Phi) is 6.69. The molecule has 1 amide bonds. The van der Waals surface area contributed by atoms with Crippen molar-refractivity contribution >= 4 is 23.0 Å². The number of carbonyl (C=O) groups is 1. The summed E-state index contributed by atoms with van der Waals surface area (Å²) in [5, 5.41) is 13.6. The Morgan fingerprint density at radius 3 is 2.62 bits per heavy atom. The molecule has 8 nitrogen and oxygen atoms in total. The van der Waals surface area contributed by atoms with Crippen molar-refractivity contribution in [1.82, 2.24) is 4.98 Å². The summed E-state index contributed by atoms with van der Waals surface area (Å²) in [5.74, 6) is -0.415. The molecule has 0 saturated heterocycles. The van der Waals surface area contributed by atoms with Gasteiger partial charge in [0.15, 0.2) is 0 Å². The van der Waals surface area contributed by atoms with Gasteiger partial charge in [0.1, 0.15) is 5.69 Å². The quantitative estimate of drug-likeness (QED) is 0.311. The maximum Gasteiger partial charge on any atom is 0.271 e. The first kappa shape index (κ1) is 18.9. The van der Waals surface area contributed by atoms with Gasteiger partial charge in [0.25, 0.3) is 11.5 Å². The second-order valence-electron chi connectivity index (χ2n) is 5.50. The van der Waals surface area contributed by atoms with Gasteiger partial charge in [0.2, 0.25) is 0 Å². The van der Waals surface area contributed by atoms with Gasteiger partial charge in [-0.2, -0.15) is 0 Å². The Morgan fingerprint density at radius 1 is 1.23 bits per heavy atom. The van der Waals surface area contributed by atoms with E-state index in [1.54, 1.807) is 24.3 Å². The van der Waals surface area contributed by atoms with E-state index in [1.165, 1.54) is 24.5 Å². The molecule has 0 saturated carbocycles. The Labute approximate surface area is 150 Å². The highest BCUT2D eigenvalue weighted by Crippen LogP contribution is 2.12. The topological polar surface area (TPSA) is 150 Å². The average molecular weight is 354 g/mol. The van der Waals surface area contributed by atoms with E-state index in [4.69, 9.17) is 16.9 Å². The first-order chi connectivity index (χ1) is 12.5. The molecule has 0 aliphatic carbocycles. The van der Waals surface area contributed by atoms with E-state index in [9.17, 15) is 9.59 Å². The number of hydrogen-bond donors (Lipinski definition) is 6. The van der Waals surface area contributed by atoms with Gasteiger partial charge < -0.3 is 32.5 Å². The fourth-order valence-electron chi connectivity index (χ4n) is 2.19. The van der Waals surface area contributed by atoms with Crippen molar-refractivity contribution in [2.24, 2.45) is 11.5 Å². The molecule has 0 spiro atoms. The predicted octanol–water partition coefficient (Wildman–Crippen LogP) is 1.23. The monoisotopic (exact) mass is 354 g/mol. The van der Waals surface area contributed by atoms with Gasteiger partial charge in [0.05, 0.1) is 5.71 Å². The molecule has 26 heavy (non-hydrogen) atoms. The highest BCUT2D eigenvalue weighted by molar-refractivity contribution is 6.08. The molecule has 0 aliphatic rings. The molecule has 0 fully saturated rings. The lowest BCUT2D eigenvalue weighted by Gasteiger charge is -2.08. The van der Waals surface area contributed by atoms with E-state index in [1.807, 2.05) is 0 Å². The average Bonchev–Trinajstić information content (AvgIpc) is 2.64. The Hall–Kier alpha value is -3.39. The second-order valence-corrected chi connectivity index (χ2v) is 5.50. The van der Waals surface area contributed by atoms with Gasteiger partial charge in [-0.25, -0.2) is 0 Å². The number of aromatic nitrogens is 1. The number of pyridine rings is 1. The summed E-state index contributed by atoms with van der Waals surface area (Å²) in [7, 11) is 0. The van der Waals surface area contributed by atoms with E-state index in [-0.39, 0.29) is 11.4 Å². The van der Waals surface area contributed by atoms with Crippen LogP contribution in [0.2, 0.25) is 0 Å². The van der Waals surface area contributed by atoms with Crippen molar-refractivity contribution in [3.05, 3.63) is 70.3 Å². The highest BCUT2D eigenvalue weighted by atomic mass is 16.2. The molecule has 0 radical (unpaired) electrons. The third-order valence-corrected chi connectivity index (χ3v) is 3.58. The van der Waals surface area contributed by atoms with Crippen LogP contribution in [0, 0.1) is 5.41 Å².